The van der Waals surface area contributed by atoms with Crippen LogP contribution >= 0.6 is 23.4 Å². The lowest BCUT2D eigenvalue weighted by Crippen LogP contribution is -3.00. The molecule has 0 saturated heterocycles. The Labute approximate surface area is 137 Å². The third-order valence-corrected chi connectivity index (χ3v) is 4.64. The Morgan fingerprint density at radius 3 is 2.85 bits per heavy atom. The van der Waals surface area contributed by atoms with Crippen LogP contribution in [0.4, 0.5) is 4.39 Å². The Balaban J connectivity index is 0.00000147. The van der Waals surface area contributed by atoms with Crippen molar-refractivity contribution in [3.05, 3.63) is 34.6 Å². The first-order valence-corrected chi connectivity index (χ1v) is 7.68. The molecule has 1 heterocycles. The number of thioether (sulfide) groups is 1. The smallest absolute Gasteiger partial charge is 0.159 e. The van der Waals surface area contributed by atoms with Crippen LogP contribution < -0.4 is 22.3 Å². The number of hydrogen-bond acceptors (Lipinski definition) is 4. The van der Waals surface area contributed by atoms with E-state index in [0.29, 0.717) is 22.4 Å². The summed E-state index contributed by atoms with van der Waals surface area (Å²) in [4.78, 5) is 6.80. The summed E-state index contributed by atoms with van der Waals surface area (Å²) in [6.07, 6.45) is 2.56. The number of nitrogens with zero attached hydrogens (tertiary/aromatic N) is 2. The zero-order valence-corrected chi connectivity index (χ0v) is 13.9. The Hall–Kier alpha value is -0.300. The van der Waals surface area contributed by atoms with Crippen LogP contribution in [0.1, 0.15) is 18.4 Å². The van der Waals surface area contributed by atoms with Gasteiger partial charge < -0.3 is 22.3 Å². The quantitative estimate of drug-likeness (QED) is 0.805. The molecule has 0 amide bonds. The Kier molecular flexibility index (Phi) is 5.72. The van der Waals surface area contributed by atoms with Crippen LogP contribution in [0.5, 0.6) is 0 Å². The molecule has 0 radical (unpaired) electrons. The highest BCUT2D eigenvalue weighted by Gasteiger charge is 2.30. The van der Waals surface area contributed by atoms with E-state index in [-0.39, 0.29) is 22.8 Å². The summed E-state index contributed by atoms with van der Waals surface area (Å²) in [5.74, 6) is 0.247. The summed E-state index contributed by atoms with van der Waals surface area (Å²) in [6, 6.07) is 5.48. The van der Waals surface area contributed by atoms with Crippen LogP contribution in [0.2, 0.25) is 5.02 Å². The number of benzene rings is 1. The van der Waals surface area contributed by atoms with E-state index in [0.717, 1.165) is 18.5 Å². The van der Waals surface area contributed by atoms with E-state index in [1.807, 2.05) is 0 Å². The largest absolute Gasteiger partial charge is 1.00 e. The van der Waals surface area contributed by atoms with Crippen molar-refractivity contribution >= 4 is 28.5 Å². The molecular formula is C13H15BrClFN3S-. The SMILES string of the molecule is Fc1cccc(Cl)c1CSC1=NCN(C2CC2)CN1.[Br-]. The van der Waals surface area contributed by atoms with Gasteiger partial charge in [-0.2, -0.15) is 0 Å². The first-order valence-electron chi connectivity index (χ1n) is 6.32. The second-order valence-electron chi connectivity index (χ2n) is 4.75. The maximum atomic E-state index is 13.6. The van der Waals surface area contributed by atoms with Gasteiger partial charge in [0.1, 0.15) is 5.82 Å². The summed E-state index contributed by atoms with van der Waals surface area (Å²) < 4.78 is 13.6. The van der Waals surface area contributed by atoms with Crippen LogP contribution in [-0.2, 0) is 5.75 Å². The fourth-order valence-corrected chi connectivity index (χ4v) is 3.22. The van der Waals surface area contributed by atoms with E-state index in [1.165, 1.54) is 30.7 Å². The number of rotatable bonds is 3. The Morgan fingerprint density at radius 2 is 2.25 bits per heavy atom. The maximum absolute atomic E-state index is 13.6. The molecule has 0 bridgehead atoms. The normalized spacial score (nSPS) is 19.0. The summed E-state index contributed by atoms with van der Waals surface area (Å²) in [6.45, 7) is 1.58. The lowest BCUT2D eigenvalue weighted by atomic mass is 10.2. The van der Waals surface area contributed by atoms with Gasteiger partial charge in [0.05, 0.1) is 13.3 Å². The van der Waals surface area contributed by atoms with E-state index in [4.69, 9.17) is 11.6 Å². The van der Waals surface area contributed by atoms with Gasteiger partial charge in [0.2, 0.25) is 0 Å². The van der Waals surface area contributed by atoms with E-state index in [2.05, 4.69) is 15.2 Å². The van der Waals surface area contributed by atoms with Crippen LogP contribution in [0.25, 0.3) is 0 Å². The molecule has 1 aliphatic carbocycles. The molecule has 110 valence electrons. The molecule has 1 aromatic carbocycles. The Morgan fingerprint density at radius 1 is 1.45 bits per heavy atom. The van der Waals surface area contributed by atoms with Gasteiger partial charge in [-0.25, -0.2) is 9.38 Å². The predicted molar refractivity (Wildman–Crippen MR) is 77.9 cm³/mol. The van der Waals surface area contributed by atoms with Gasteiger partial charge in [-0.05, 0) is 25.0 Å². The van der Waals surface area contributed by atoms with Crippen LogP contribution in [-0.4, -0.2) is 29.4 Å². The van der Waals surface area contributed by atoms with E-state index in [1.54, 1.807) is 12.1 Å². The zero-order chi connectivity index (χ0) is 13.2. The highest BCUT2D eigenvalue weighted by molar-refractivity contribution is 8.13. The lowest BCUT2D eigenvalue weighted by Gasteiger charge is -2.26. The first kappa shape index (κ1) is 16.1. The molecule has 1 aliphatic heterocycles. The molecule has 1 saturated carbocycles. The first-order chi connectivity index (χ1) is 9.24. The average molecular weight is 380 g/mol. The summed E-state index contributed by atoms with van der Waals surface area (Å²) >= 11 is 7.50. The van der Waals surface area contributed by atoms with Crippen molar-refractivity contribution in [2.45, 2.75) is 24.6 Å². The molecule has 0 unspecified atom stereocenters. The van der Waals surface area contributed by atoms with Crippen molar-refractivity contribution in [2.24, 2.45) is 4.99 Å². The third-order valence-electron chi connectivity index (χ3n) is 3.31. The van der Waals surface area contributed by atoms with Crippen LogP contribution in [0.15, 0.2) is 23.2 Å². The summed E-state index contributed by atoms with van der Waals surface area (Å²) in [5, 5.41) is 4.62. The van der Waals surface area contributed by atoms with Crippen molar-refractivity contribution in [1.82, 2.24) is 10.2 Å². The molecule has 1 fully saturated rings. The number of halogens is 3. The van der Waals surface area contributed by atoms with Gasteiger partial charge in [-0.3, -0.25) is 4.90 Å². The number of amidine groups is 1. The molecule has 0 atom stereocenters. The summed E-state index contributed by atoms with van der Waals surface area (Å²) in [5.41, 5.74) is 0.545. The highest BCUT2D eigenvalue weighted by atomic mass is 79.9. The van der Waals surface area contributed by atoms with Gasteiger partial charge in [0.15, 0.2) is 5.17 Å². The molecule has 20 heavy (non-hydrogen) atoms. The van der Waals surface area contributed by atoms with Crippen molar-refractivity contribution < 1.29 is 21.4 Å². The van der Waals surface area contributed by atoms with Crippen molar-refractivity contribution in [3.63, 3.8) is 0 Å². The molecule has 1 N–H and O–H groups in total. The molecule has 3 rings (SSSR count). The number of nitrogens with one attached hydrogen (secondary N) is 1. The zero-order valence-electron chi connectivity index (χ0n) is 10.8. The topological polar surface area (TPSA) is 27.6 Å². The second-order valence-corrected chi connectivity index (χ2v) is 6.12. The van der Waals surface area contributed by atoms with Gasteiger partial charge in [0.25, 0.3) is 0 Å². The van der Waals surface area contributed by atoms with Crippen LogP contribution in [0, 0.1) is 5.82 Å². The van der Waals surface area contributed by atoms with E-state index >= 15 is 0 Å². The van der Waals surface area contributed by atoms with Gasteiger partial charge in [-0.15, -0.1) is 0 Å². The van der Waals surface area contributed by atoms with Gasteiger partial charge >= 0.3 is 0 Å². The van der Waals surface area contributed by atoms with Gasteiger partial charge in [0, 0.05) is 22.4 Å². The van der Waals surface area contributed by atoms with Crippen molar-refractivity contribution in [1.29, 1.82) is 0 Å². The van der Waals surface area contributed by atoms with E-state index < -0.39 is 0 Å². The lowest BCUT2D eigenvalue weighted by molar-refractivity contribution is -0.00000442. The average Bonchev–Trinajstić information content (AvgIpc) is 3.23. The maximum Gasteiger partial charge on any atom is 0.159 e. The minimum absolute atomic E-state index is 0. The van der Waals surface area contributed by atoms with Crippen molar-refractivity contribution in [3.8, 4) is 0 Å². The van der Waals surface area contributed by atoms with Gasteiger partial charge in [-0.1, -0.05) is 29.4 Å². The molecule has 7 heteroatoms. The molecule has 1 aromatic rings. The monoisotopic (exact) mass is 378 g/mol. The number of aliphatic imine (C=N–C) groups is 1. The molecule has 0 aromatic heterocycles. The minimum Gasteiger partial charge on any atom is -1.00 e. The Bertz CT molecular complexity index is 490. The fourth-order valence-electron chi connectivity index (χ4n) is 2.02. The molecule has 3 nitrogen and oxygen atoms in total. The summed E-state index contributed by atoms with van der Waals surface area (Å²) in [7, 11) is 0. The molecule has 2 aliphatic rings. The van der Waals surface area contributed by atoms with Crippen molar-refractivity contribution in [2.75, 3.05) is 13.3 Å². The number of hydrogen-bond donors (Lipinski definition) is 1. The van der Waals surface area contributed by atoms with E-state index in [9.17, 15) is 4.39 Å². The second kappa shape index (κ2) is 7.11. The minimum atomic E-state index is -0.254. The fraction of sp³-hybridized carbons (Fsp3) is 0.462. The van der Waals surface area contributed by atoms with Crippen LogP contribution in [0.3, 0.4) is 0 Å². The molecular weight excluding hydrogens is 365 g/mol. The molecule has 0 spiro atoms. The highest BCUT2D eigenvalue weighted by Crippen LogP contribution is 2.28. The third kappa shape index (κ3) is 3.87. The standard InChI is InChI=1S/C13H15ClFN3S.BrH/c14-11-2-1-3-12(15)10(11)6-19-13-16-7-18(8-17-13)9-4-5-9;/h1-3,9H,4-8H2,(H,16,17);1H/p-1. The predicted octanol–water partition coefficient (Wildman–Crippen LogP) is 0.0549.